The highest BCUT2D eigenvalue weighted by Gasteiger charge is 2.09. The van der Waals surface area contributed by atoms with E-state index in [1.165, 1.54) is 6.07 Å². The predicted octanol–water partition coefficient (Wildman–Crippen LogP) is 3.49. The van der Waals surface area contributed by atoms with Crippen LogP contribution in [0.25, 0.3) is 10.8 Å². The van der Waals surface area contributed by atoms with E-state index < -0.39 is 5.97 Å². The van der Waals surface area contributed by atoms with E-state index in [9.17, 15) is 9.59 Å². The molecule has 0 amide bonds. The normalized spacial score (nSPS) is 10.4. The zero-order valence-electron chi connectivity index (χ0n) is 11.3. The van der Waals surface area contributed by atoms with Crippen LogP contribution in [0.3, 0.4) is 0 Å². The molecule has 0 radical (unpaired) electrons. The number of carboxylic acid groups (broad SMARTS) is 1. The summed E-state index contributed by atoms with van der Waals surface area (Å²) in [6.45, 7) is 2.45. The molecule has 0 heterocycles. The fraction of sp³-hybridized carbons (Fsp3) is 0.250. The topological polar surface area (TPSA) is 63.6 Å². The highest BCUT2D eigenvalue weighted by molar-refractivity contribution is 5.98. The van der Waals surface area contributed by atoms with Crippen LogP contribution in [0.4, 0.5) is 0 Å². The van der Waals surface area contributed by atoms with Gasteiger partial charge in [0.15, 0.2) is 0 Å². The van der Waals surface area contributed by atoms with Crippen molar-refractivity contribution < 1.29 is 19.4 Å². The van der Waals surface area contributed by atoms with Crippen molar-refractivity contribution in [3.63, 3.8) is 0 Å². The summed E-state index contributed by atoms with van der Waals surface area (Å²) >= 11 is 0. The molecule has 0 aliphatic heterocycles. The zero-order valence-corrected chi connectivity index (χ0v) is 11.3. The van der Waals surface area contributed by atoms with E-state index in [0.29, 0.717) is 12.2 Å². The molecule has 20 heavy (non-hydrogen) atoms. The summed E-state index contributed by atoms with van der Waals surface area (Å²) in [4.78, 5) is 22.7. The van der Waals surface area contributed by atoms with Crippen molar-refractivity contribution in [1.29, 1.82) is 0 Å². The molecule has 104 valence electrons. The Morgan fingerprint density at radius 2 is 1.65 bits per heavy atom. The van der Waals surface area contributed by atoms with Gasteiger partial charge in [-0.15, -0.1) is 0 Å². The molecule has 0 spiro atoms. The van der Waals surface area contributed by atoms with Gasteiger partial charge in [0.05, 0.1) is 17.7 Å². The molecule has 0 aliphatic rings. The Kier molecular flexibility index (Phi) is 4.35. The molecule has 0 bridgehead atoms. The molecule has 4 nitrogen and oxygen atoms in total. The number of carbonyl (C=O) groups is 2. The van der Waals surface area contributed by atoms with E-state index in [-0.39, 0.29) is 11.5 Å². The number of ether oxygens (including phenoxy) is 1. The Balaban J connectivity index is 2.23. The smallest absolute Gasteiger partial charge is 0.338 e. The first kappa shape index (κ1) is 14.1. The van der Waals surface area contributed by atoms with Gasteiger partial charge in [0.25, 0.3) is 0 Å². The first-order valence-electron chi connectivity index (χ1n) is 6.56. The van der Waals surface area contributed by atoms with Crippen molar-refractivity contribution in [2.45, 2.75) is 19.8 Å². The van der Waals surface area contributed by atoms with E-state index in [1.54, 1.807) is 30.3 Å². The average Bonchev–Trinajstić information content (AvgIpc) is 2.46. The van der Waals surface area contributed by atoms with Gasteiger partial charge >= 0.3 is 11.9 Å². The third-order valence-corrected chi connectivity index (χ3v) is 3.05. The molecule has 0 aromatic heterocycles. The minimum absolute atomic E-state index is 0.232. The summed E-state index contributed by atoms with van der Waals surface area (Å²) in [6, 6.07) is 9.91. The lowest BCUT2D eigenvalue weighted by Crippen LogP contribution is -2.06. The fourth-order valence-electron chi connectivity index (χ4n) is 1.90. The number of hydrogen-bond donors (Lipinski definition) is 1. The summed E-state index contributed by atoms with van der Waals surface area (Å²) in [6.07, 6.45) is 1.82. The van der Waals surface area contributed by atoms with Crippen LogP contribution in [0.2, 0.25) is 0 Å². The Morgan fingerprint density at radius 3 is 2.25 bits per heavy atom. The number of carboxylic acids is 1. The van der Waals surface area contributed by atoms with E-state index in [1.807, 2.05) is 6.92 Å². The first-order chi connectivity index (χ1) is 9.61. The molecule has 0 saturated carbocycles. The summed E-state index contributed by atoms with van der Waals surface area (Å²) in [5.41, 5.74) is 0.715. The Labute approximate surface area is 117 Å². The molecule has 2 aromatic carbocycles. The maximum absolute atomic E-state index is 11.8. The van der Waals surface area contributed by atoms with Gasteiger partial charge in [-0.1, -0.05) is 25.5 Å². The van der Waals surface area contributed by atoms with Gasteiger partial charge in [-0.05, 0) is 41.5 Å². The van der Waals surface area contributed by atoms with Gasteiger partial charge in [0.1, 0.15) is 0 Å². The maximum Gasteiger partial charge on any atom is 0.338 e. The van der Waals surface area contributed by atoms with Crippen molar-refractivity contribution in [3.05, 3.63) is 47.5 Å². The molecular formula is C16H16O4. The lowest BCUT2D eigenvalue weighted by atomic mass is 10.0. The number of fused-ring (bicyclic) bond motifs is 1. The van der Waals surface area contributed by atoms with Crippen LogP contribution in [0.15, 0.2) is 36.4 Å². The number of hydrogen-bond acceptors (Lipinski definition) is 3. The molecule has 2 rings (SSSR count). The van der Waals surface area contributed by atoms with E-state index in [0.717, 1.165) is 23.6 Å². The largest absolute Gasteiger partial charge is 0.478 e. The average molecular weight is 272 g/mol. The van der Waals surface area contributed by atoms with Gasteiger partial charge < -0.3 is 9.84 Å². The summed E-state index contributed by atoms with van der Waals surface area (Å²) in [7, 11) is 0. The summed E-state index contributed by atoms with van der Waals surface area (Å²) in [5, 5.41) is 10.5. The van der Waals surface area contributed by atoms with Crippen LogP contribution in [0, 0.1) is 0 Å². The Bertz CT molecular complexity index is 646. The molecular weight excluding hydrogens is 256 g/mol. The van der Waals surface area contributed by atoms with Crippen molar-refractivity contribution >= 4 is 22.7 Å². The highest BCUT2D eigenvalue weighted by Crippen LogP contribution is 2.18. The molecule has 4 heteroatoms. The fourth-order valence-corrected chi connectivity index (χ4v) is 1.90. The minimum atomic E-state index is -0.963. The van der Waals surface area contributed by atoms with Gasteiger partial charge in [0, 0.05) is 0 Å². The standard InChI is InChI=1S/C16H16O4/c1-2-3-8-20-16(19)14-7-5-11-9-13(15(17)18)6-4-12(11)10-14/h4-7,9-10H,2-3,8H2,1H3,(H,17,18). The van der Waals surface area contributed by atoms with Crippen LogP contribution >= 0.6 is 0 Å². The summed E-state index contributed by atoms with van der Waals surface area (Å²) in [5.74, 6) is -1.31. The van der Waals surface area contributed by atoms with Crippen molar-refractivity contribution in [3.8, 4) is 0 Å². The number of aromatic carboxylic acids is 1. The molecule has 2 aromatic rings. The van der Waals surface area contributed by atoms with Crippen molar-refractivity contribution in [2.75, 3.05) is 6.61 Å². The molecule has 0 saturated heterocycles. The van der Waals surface area contributed by atoms with Crippen LogP contribution in [0.5, 0.6) is 0 Å². The third-order valence-electron chi connectivity index (χ3n) is 3.05. The highest BCUT2D eigenvalue weighted by atomic mass is 16.5. The quantitative estimate of drug-likeness (QED) is 0.668. The zero-order chi connectivity index (χ0) is 14.5. The number of rotatable bonds is 5. The van der Waals surface area contributed by atoms with Crippen LogP contribution in [0.1, 0.15) is 40.5 Å². The van der Waals surface area contributed by atoms with Gasteiger partial charge in [0.2, 0.25) is 0 Å². The lowest BCUT2D eigenvalue weighted by molar-refractivity contribution is 0.0499. The third kappa shape index (κ3) is 3.15. The number of esters is 1. The van der Waals surface area contributed by atoms with Crippen molar-refractivity contribution in [1.82, 2.24) is 0 Å². The maximum atomic E-state index is 11.8. The molecule has 0 unspecified atom stereocenters. The van der Waals surface area contributed by atoms with Gasteiger partial charge in [-0.25, -0.2) is 9.59 Å². The van der Waals surface area contributed by atoms with Gasteiger partial charge in [-0.2, -0.15) is 0 Å². The molecule has 1 N–H and O–H groups in total. The van der Waals surface area contributed by atoms with Crippen LogP contribution in [-0.4, -0.2) is 23.7 Å². The van der Waals surface area contributed by atoms with E-state index >= 15 is 0 Å². The van der Waals surface area contributed by atoms with Gasteiger partial charge in [-0.3, -0.25) is 0 Å². The number of benzene rings is 2. The second-order valence-corrected chi connectivity index (χ2v) is 4.57. The predicted molar refractivity (Wildman–Crippen MR) is 76.1 cm³/mol. The van der Waals surface area contributed by atoms with Crippen LogP contribution < -0.4 is 0 Å². The second-order valence-electron chi connectivity index (χ2n) is 4.57. The SMILES string of the molecule is CCCCOC(=O)c1ccc2cc(C(=O)O)ccc2c1. The summed E-state index contributed by atoms with van der Waals surface area (Å²) < 4.78 is 5.15. The van der Waals surface area contributed by atoms with E-state index in [2.05, 4.69) is 0 Å². The lowest BCUT2D eigenvalue weighted by Gasteiger charge is -2.05. The van der Waals surface area contributed by atoms with Crippen LogP contribution in [-0.2, 0) is 4.74 Å². The Hall–Kier alpha value is -2.36. The molecule has 0 fully saturated rings. The number of carbonyl (C=O) groups excluding carboxylic acids is 1. The minimum Gasteiger partial charge on any atom is -0.478 e. The first-order valence-corrected chi connectivity index (χ1v) is 6.56. The second kappa shape index (κ2) is 6.19. The van der Waals surface area contributed by atoms with Crippen molar-refractivity contribution in [2.24, 2.45) is 0 Å². The monoisotopic (exact) mass is 272 g/mol. The van der Waals surface area contributed by atoms with E-state index in [4.69, 9.17) is 9.84 Å². The number of unbranched alkanes of at least 4 members (excludes halogenated alkanes) is 1. The molecule has 0 aliphatic carbocycles. The molecule has 0 atom stereocenters. The Morgan fingerprint density at radius 1 is 1.05 bits per heavy atom.